The van der Waals surface area contributed by atoms with Gasteiger partial charge in [0.25, 0.3) is 0 Å². The van der Waals surface area contributed by atoms with Gasteiger partial charge in [0.05, 0.1) is 38.7 Å². The van der Waals surface area contributed by atoms with Gasteiger partial charge in [-0.25, -0.2) is 4.79 Å². The zero-order valence-corrected chi connectivity index (χ0v) is 52.3. The average molecular weight is 1310 g/mol. The maximum Gasteiger partial charge on any atom is 0.326 e. The van der Waals surface area contributed by atoms with E-state index in [1.54, 1.807) is 44.2 Å². The van der Waals surface area contributed by atoms with Gasteiger partial charge in [-0.1, -0.05) is 44.2 Å². The van der Waals surface area contributed by atoms with E-state index in [4.69, 9.17) is 0 Å². The van der Waals surface area contributed by atoms with Crippen LogP contribution in [0.3, 0.4) is 0 Å². The molecular formula is C59H86N14O20. The second kappa shape index (κ2) is 36.0. The number of hydrogen-bond acceptors (Lipinski definition) is 18. The minimum atomic E-state index is -1.94. The lowest BCUT2D eigenvalue weighted by Gasteiger charge is -2.32. The third-order valence-electron chi connectivity index (χ3n) is 16.0. The Kier molecular flexibility index (Phi) is 28.8. The van der Waals surface area contributed by atoms with E-state index in [1.807, 2.05) is 0 Å². The van der Waals surface area contributed by atoms with Crippen LogP contribution in [0.1, 0.15) is 110 Å². The number of aliphatic carboxylic acids is 3. The number of carboxylic acid groups (broad SMARTS) is 3. The molecule has 4 heterocycles. The van der Waals surface area contributed by atoms with Crippen molar-refractivity contribution >= 4 is 94.7 Å². The molecule has 4 saturated heterocycles. The smallest absolute Gasteiger partial charge is 0.326 e. The molecule has 4 fully saturated rings. The summed E-state index contributed by atoms with van der Waals surface area (Å²) in [5.41, 5.74) is 0.652. The lowest BCUT2D eigenvalue weighted by molar-refractivity contribution is -0.152. The van der Waals surface area contributed by atoms with Crippen molar-refractivity contribution in [1.82, 2.24) is 73.2 Å². The van der Waals surface area contributed by atoms with Crippen LogP contribution in [0.25, 0.3) is 0 Å². The van der Waals surface area contributed by atoms with Crippen molar-refractivity contribution in [2.24, 2.45) is 5.92 Å². The number of amides is 13. The Hall–Kier alpha value is -9.34. The summed E-state index contributed by atoms with van der Waals surface area (Å²) in [4.78, 5) is 213. The maximum absolute atomic E-state index is 14.2. The number of carboxylic acids is 3. The Morgan fingerprint density at radius 2 is 1.04 bits per heavy atom. The van der Waals surface area contributed by atoms with Crippen LogP contribution in [0.2, 0.25) is 0 Å². The highest BCUT2D eigenvalue weighted by atomic mass is 16.4. The number of likely N-dealkylation sites (tertiary alicyclic amines) is 3. The van der Waals surface area contributed by atoms with E-state index in [0.717, 1.165) is 6.42 Å². The SMILES string of the molecule is CC(C)C[C@H](NC(=O)[C@H](C)NC(=O)[C@@H]1CCCN1)C(=O)N1CCC[C@H]1C(=O)N[C@@H](CCC(=O)O)C(=O)N[C@@H](CC(=O)O)C(=O)NCC(=O)NCC(=O)N[C@@H](CO)C(=O)NCC(=O)N[C@@H](C)C(=O)N[C@@H](Cc1ccccc1)C(=O)N1CCC[C@H]1C(=O)N1CCC[C@H]1C(=O)O. The van der Waals surface area contributed by atoms with Gasteiger partial charge in [0.15, 0.2) is 0 Å². The first-order valence-electron chi connectivity index (χ1n) is 31.0. The topological polar surface area (TPSA) is 496 Å². The fourth-order valence-corrected chi connectivity index (χ4v) is 11.2. The van der Waals surface area contributed by atoms with Gasteiger partial charge in [0.2, 0.25) is 76.8 Å². The predicted octanol–water partition coefficient (Wildman–Crippen LogP) is -5.80. The Bertz CT molecular complexity index is 2930. The lowest BCUT2D eigenvalue weighted by atomic mass is 10.0. The molecular weight excluding hydrogens is 1220 g/mol. The first-order chi connectivity index (χ1) is 44.1. The van der Waals surface area contributed by atoms with Gasteiger partial charge in [-0.3, -0.25) is 71.9 Å². The van der Waals surface area contributed by atoms with Gasteiger partial charge in [-0.2, -0.15) is 0 Å². The third kappa shape index (κ3) is 22.8. The molecule has 4 aliphatic rings. The number of nitrogens with zero attached hydrogens (tertiary/aromatic N) is 3. The van der Waals surface area contributed by atoms with E-state index in [-0.39, 0.29) is 63.6 Å². The monoisotopic (exact) mass is 1310 g/mol. The molecule has 512 valence electrons. The van der Waals surface area contributed by atoms with Crippen LogP contribution < -0.4 is 58.5 Å². The van der Waals surface area contributed by atoms with E-state index >= 15 is 0 Å². The summed E-state index contributed by atoms with van der Waals surface area (Å²) in [6.45, 7) is 3.85. The summed E-state index contributed by atoms with van der Waals surface area (Å²) in [6.07, 6.45) is 1.03. The average Bonchev–Trinajstić information content (AvgIpc) is 1.74. The number of carbonyl (C=O) groups excluding carboxylic acids is 13. The number of aliphatic hydroxyl groups excluding tert-OH is 1. The van der Waals surface area contributed by atoms with E-state index in [9.17, 15) is 97.1 Å². The molecule has 15 N–H and O–H groups in total. The number of benzene rings is 1. The summed E-state index contributed by atoms with van der Waals surface area (Å²) < 4.78 is 0. The highest BCUT2D eigenvalue weighted by molar-refractivity contribution is 6.00. The molecule has 13 amide bonds. The second-order valence-electron chi connectivity index (χ2n) is 23.7. The molecule has 93 heavy (non-hydrogen) atoms. The van der Waals surface area contributed by atoms with Crippen LogP contribution in [-0.2, 0) is 83.1 Å². The predicted molar refractivity (Wildman–Crippen MR) is 323 cm³/mol. The summed E-state index contributed by atoms with van der Waals surface area (Å²) >= 11 is 0. The van der Waals surface area contributed by atoms with Crippen LogP contribution >= 0.6 is 0 Å². The molecule has 4 aliphatic heterocycles. The van der Waals surface area contributed by atoms with Crippen LogP contribution in [0.4, 0.5) is 0 Å². The molecule has 34 nitrogen and oxygen atoms in total. The molecule has 0 unspecified atom stereocenters. The number of aliphatic hydroxyl groups is 1. The van der Waals surface area contributed by atoms with E-state index < -0.39 is 201 Å². The molecule has 5 rings (SSSR count). The Morgan fingerprint density at radius 1 is 0.505 bits per heavy atom. The fourth-order valence-electron chi connectivity index (χ4n) is 11.2. The molecule has 1 aromatic rings. The van der Waals surface area contributed by atoms with Crippen molar-refractivity contribution in [3.8, 4) is 0 Å². The van der Waals surface area contributed by atoms with Crippen molar-refractivity contribution in [2.45, 2.75) is 178 Å². The van der Waals surface area contributed by atoms with Gasteiger partial charge in [0, 0.05) is 32.5 Å². The molecule has 34 heteroatoms. The molecule has 0 saturated carbocycles. The Morgan fingerprint density at radius 3 is 1.63 bits per heavy atom. The lowest BCUT2D eigenvalue weighted by Crippen LogP contribution is -2.59. The zero-order valence-electron chi connectivity index (χ0n) is 52.3. The quantitative estimate of drug-likeness (QED) is 0.0306. The summed E-state index contributed by atoms with van der Waals surface area (Å²) in [5.74, 6) is -15.4. The van der Waals surface area contributed by atoms with Crippen molar-refractivity contribution in [3.05, 3.63) is 35.9 Å². The van der Waals surface area contributed by atoms with Crippen molar-refractivity contribution in [2.75, 3.05) is 52.4 Å². The first kappa shape index (κ1) is 74.4. The molecule has 0 bridgehead atoms. The number of nitrogens with one attached hydrogen (secondary N) is 11. The van der Waals surface area contributed by atoms with Gasteiger partial charge >= 0.3 is 17.9 Å². The van der Waals surface area contributed by atoms with Crippen LogP contribution in [0.15, 0.2) is 30.3 Å². The van der Waals surface area contributed by atoms with Crippen molar-refractivity contribution in [1.29, 1.82) is 0 Å². The summed E-state index contributed by atoms with van der Waals surface area (Å²) in [6, 6.07) is -5.09. The first-order valence-corrected chi connectivity index (χ1v) is 31.0. The molecule has 0 aromatic heterocycles. The number of rotatable bonds is 34. The molecule has 0 radical (unpaired) electrons. The number of hydrogen-bond donors (Lipinski definition) is 15. The fraction of sp³-hybridized carbons (Fsp3) is 0.627. The van der Waals surface area contributed by atoms with Crippen molar-refractivity contribution in [3.63, 3.8) is 0 Å². The Labute approximate surface area is 535 Å². The van der Waals surface area contributed by atoms with Gasteiger partial charge in [-0.15, -0.1) is 0 Å². The van der Waals surface area contributed by atoms with E-state index in [1.165, 1.54) is 28.5 Å². The third-order valence-corrected chi connectivity index (χ3v) is 16.0. The second-order valence-corrected chi connectivity index (χ2v) is 23.7. The standard InChI is InChI=1S/C59H86N14O20/c1-31(2)24-38(69-50(83)33(4)65-53(86)35-14-8-20-60-35)56(89)71-21-9-15-41(71)55(88)67-36(18-19-47(78)79)54(87)68-37(26-48(80)81)51(84)62-27-44(75)61-28-46(77)66-40(30-74)52(85)63-29-45(76)64-32(3)49(82)70-39(25-34-12-6-5-7-13-34)57(90)72-22-10-16-42(72)58(91)73-23-11-17-43(73)59(92)93/h5-7,12-13,31-33,35-43,60,74H,8-11,14-30H2,1-4H3,(H,61,75)(H,62,84)(H,63,85)(H,64,76)(H,65,86)(H,66,77)(H,67,88)(H,68,87)(H,69,83)(H,70,82)(H,78,79)(H,80,81)(H,92,93)/t32-,33-,35-,36-,37-,38-,39-,40-,41-,42-,43-/m0/s1. The molecule has 0 aliphatic carbocycles. The van der Waals surface area contributed by atoms with E-state index in [2.05, 4.69) is 58.5 Å². The van der Waals surface area contributed by atoms with Gasteiger partial charge in [0.1, 0.15) is 60.4 Å². The summed E-state index contributed by atoms with van der Waals surface area (Å²) in [7, 11) is 0. The minimum Gasteiger partial charge on any atom is -0.481 e. The number of carbonyl (C=O) groups is 16. The van der Waals surface area contributed by atoms with E-state index in [0.29, 0.717) is 37.8 Å². The van der Waals surface area contributed by atoms with Crippen LogP contribution in [-0.4, -0.2) is 249 Å². The maximum atomic E-state index is 14.2. The normalized spacial score (nSPS) is 19.8. The van der Waals surface area contributed by atoms with Crippen molar-refractivity contribution < 1.29 is 97.1 Å². The van der Waals surface area contributed by atoms with Gasteiger partial charge in [-0.05, 0) is 96.1 Å². The van der Waals surface area contributed by atoms with Crippen LogP contribution in [0.5, 0.6) is 0 Å². The highest BCUT2D eigenvalue weighted by Crippen LogP contribution is 2.27. The largest absolute Gasteiger partial charge is 0.481 e. The highest BCUT2D eigenvalue weighted by Gasteiger charge is 2.45. The summed E-state index contributed by atoms with van der Waals surface area (Å²) in [5, 5.41) is 65.2. The Balaban J connectivity index is 1.09. The molecule has 11 atom stereocenters. The molecule has 0 spiro atoms. The zero-order chi connectivity index (χ0) is 68.6. The molecule has 1 aromatic carbocycles. The minimum absolute atomic E-state index is 0.0116. The van der Waals surface area contributed by atoms with Gasteiger partial charge < -0.3 is 93.6 Å². The van der Waals surface area contributed by atoms with Crippen LogP contribution in [0, 0.1) is 5.92 Å².